The van der Waals surface area contributed by atoms with Crippen LogP contribution in [0.5, 0.6) is 11.5 Å². The van der Waals surface area contributed by atoms with Crippen molar-refractivity contribution in [2.75, 3.05) is 6.54 Å². The third kappa shape index (κ3) is 3.25. The average Bonchev–Trinajstić information content (AvgIpc) is 2.12. The van der Waals surface area contributed by atoms with E-state index in [1.807, 2.05) is 0 Å². The summed E-state index contributed by atoms with van der Waals surface area (Å²) in [5.41, 5.74) is 10.9. The number of aliphatic imine (C=N–C) groups is 1. The number of benzene rings is 1. The Morgan fingerprint density at radius 3 is 2.60 bits per heavy atom. The van der Waals surface area contributed by atoms with Crippen molar-refractivity contribution in [3.8, 4) is 11.5 Å². The first kappa shape index (κ1) is 11.5. The minimum absolute atomic E-state index is 0.000685. The summed E-state index contributed by atoms with van der Waals surface area (Å²) in [4.78, 5) is 4.35. The van der Waals surface area contributed by atoms with Gasteiger partial charge in [0.05, 0.1) is 0 Å². The highest BCUT2D eigenvalue weighted by molar-refractivity contribution is 7.80. The van der Waals surface area contributed by atoms with Gasteiger partial charge in [-0.05, 0) is 18.6 Å². The van der Waals surface area contributed by atoms with E-state index in [-0.39, 0.29) is 17.5 Å². The molecule has 0 unspecified atom stereocenters. The van der Waals surface area contributed by atoms with Crippen molar-refractivity contribution in [2.24, 2.45) is 16.5 Å². The van der Waals surface area contributed by atoms with Gasteiger partial charge in [-0.15, -0.1) is 12.6 Å². The first-order chi connectivity index (χ1) is 7.00. The zero-order valence-electron chi connectivity index (χ0n) is 8.01. The lowest BCUT2D eigenvalue weighted by Gasteiger charge is -2.06. The van der Waals surface area contributed by atoms with Crippen molar-refractivity contribution in [1.82, 2.24) is 0 Å². The fraction of sp³-hybridized carbons (Fsp3) is 0.222. The Morgan fingerprint density at radius 2 is 2.00 bits per heavy atom. The van der Waals surface area contributed by atoms with Crippen LogP contribution in [0.2, 0.25) is 0 Å². The second-order valence-electron chi connectivity index (χ2n) is 3.03. The molecule has 0 radical (unpaired) electrons. The van der Waals surface area contributed by atoms with Crippen molar-refractivity contribution in [3.05, 3.63) is 17.7 Å². The molecule has 15 heavy (non-hydrogen) atoms. The minimum Gasteiger partial charge on any atom is -0.504 e. The van der Waals surface area contributed by atoms with E-state index in [1.165, 1.54) is 6.07 Å². The van der Waals surface area contributed by atoms with Crippen LogP contribution in [-0.2, 0) is 6.42 Å². The molecule has 82 valence electrons. The number of aromatic hydroxyl groups is 2. The van der Waals surface area contributed by atoms with E-state index in [0.717, 1.165) is 0 Å². The summed E-state index contributed by atoms with van der Waals surface area (Å²) in [5, 5.41) is 18.8. The maximum atomic E-state index is 9.49. The van der Waals surface area contributed by atoms with Crippen LogP contribution >= 0.6 is 12.6 Å². The first-order valence-electron chi connectivity index (χ1n) is 4.30. The Kier molecular flexibility index (Phi) is 3.68. The molecular formula is C9H13N3O2S. The predicted octanol–water partition coefficient (Wildman–Crippen LogP) is 0.202. The zero-order chi connectivity index (χ0) is 11.4. The summed E-state index contributed by atoms with van der Waals surface area (Å²) < 4.78 is 0. The van der Waals surface area contributed by atoms with Gasteiger partial charge in [-0.25, -0.2) is 0 Å². The Labute approximate surface area is 92.8 Å². The van der Waals surface area contributed by atoms with Crippen LogP contribution in [0.25, 0.3) is 0 Å². The Bertz CT molecular complexity index is 389. The highest BCUT2D eigenvalue weighted by Gasteiger charge is 2.07. The summed E-state index contributed by atoms with van der Waals surface area (Å²) in [7, 11) is 0. The van der Waals surface area contributed by atoms with Gasteiger partial charge in [-0.2, -0.15) is 0 Å². The highest BCUT2D eigenvalue weighted by atomic mass is 32.1. The minimum atomic E-state index is -0.192. The van der Waals surface area contributed by atoms with Crippen LogP contribution in [0.15, 0.2) is 22.0 Å². The van der Waals surface area contributed by atoms with Gasteiger partial charge in [-0.1, -0.05) is 0 Å². The number of nitrogens with zero attached hydrogens (tertiary/aromatic N) is 1. The third-order valence-corrected chi connectivity index (χ3v) is 2.09. The number of rotatable bonds is 3. The van der Waals surface area contributed by atoms with Gasteiger partial charge in [0.2, 0.25) is 0 Å². The molecule has 0 aliphatic heterocycles. The van der Waals surface area contributed by atoms with Gasteiger partial charge in [0, 0.05) is 17.0 Å². The van der Waals surface area contributed by atoms with Crippen LogP contribution in [0, 0.1) is 0 Å². The number of hydrogen-bond acceptors (Lipinski definition) is 4. The van der Waals surface area contributed by atoms with Gasteiger partial charge in [0.15, 0.2) is 17.5 Å². The van der Waals surface area contributed by atoms with Crippen molar-refractivity contribution >= 4 is 18.6 Å². The summed E-state index contributed by atoms with van der Waals surface area (Å²) >= 11 is 4.08. The number of thiol groups is 1. The van der Waals surface area contributed by atoms with Crippen LogP contribution in [0.1, 0.15) is 5.56 Å². The molecular weight excluding hydrogens is 214 g/mol. The van der Waals surface area contributed by atoms with E-state index in [0.29, 0.717) is 23.4 Å². The lowest BCUT2D eigenvalue weighted by atomic mass is 10.1. The summed E-state index contributed by atoms with van der Waals surface area (Å²) in [6, 6.07) is 3.02. The second-order valence-corrected chi connectivity index (χ2v) is 3.55. The second kappa shape index (κ2) is 4.79. The predicted molar refractivity (Wildman–Crippen MR) is 61.4 cm³/mol. The molecule has 6 N–H and O–H groups in total. The standard InChI is InChI=1S/C9H13N3O2S/c10-9(11)12-2-1-5-3-6(15)4-7(13)8(5)14/h3-4,13-15H,1-2H2,(H4,10,11,12). The lowest BCUT2D eigenvalue weighted by molar-refractivity contribution is 0.398. The molecule has 0 fully saturated rings. The van der Waals surface area contributed by atoms with E-state index in [2.05, 4.69) is 17.6 Å². The Morgan fingerprint density at radius 1 is 1.33 bits per heavy atom. The number of nitrogens with two attached hydrogens (primary N) is 2. The quantitative estimate of drug-likeness (QED) is 0.220. The maximum Gasteiger partial charge on any atom is 0.185 e. The van der Waals surface area contributed by atoms with Gasteiger partial charge in [0.25, 0.3) is 0 Å². The van der Waals surface area contributed by atoms with Gasteiger partial charge in [0.1, 0.15) is 0 Å². The normalized spacial score (nSPS) is 9.93. The fourth-order valence-electron chi connectivity index (χ4n) is 1.16. The molecule has 1 aromatic carbocycles. The number of phenols is 2. The molecule has 0 amide bonds. The van der Waals surface area contributed by atoms with Crippen molar-refractivity contribution < 1.29 is 10.2 Å². The van der Waals surface area contributed by atoms with E-state index in [4.69, 9.17) is 11.5 Å². The largest absolute Gasteiger partial charge is 0.504 e. The number of phenolic OH excluding ortho intramolecular Hbond substituents is 2. The molecule has 1 aromatic rings. The maximum absolute atomic E-state index is 9.49. The van der Waals surface area contributed by atoms with E-state index >= 15 is 0 Å². The SMILES string of the molecule is NC(N)=NCCc1cc(S)cc(O)c1O. The molecule has 0 saturated heterocycles. The molecule has 1 rings (SSSR count). The molecule has 0 saturated carbocycles. The first-order valence-corrected chi connectivity index (χ1v) is 4.74. The Hall–Kier alpha value is -1.56. The van der Waals surface area contributed by atoms with Crippen LogP contribution in [-0.4, -0.2) is 22.7 Å². The molecule has 0 atom stereocenters. The highest BCUT2D eigenvalue weighted by Crippen LogP contribution is 2.31. The molecule has 0 spiro atoms. The van der Waals surface area contributed by atoms with Crippen molar-refractivity contribution in [1.29, 1.82) is 0 Å². The van der Waals surface area contributed by atoms with E-state index < -0.39 is 0 Å². The smallest absolute Gasteiger partial charge is 0.185 e. The van der Waals surface area contributed by atoms with Gasteiger partial charge >= 0.3 is 0 Å². The molecule has 0 aromatic heterocycles. The molecule has 0 aliphatic carbocycles. The Balaban J connectivity index is 2.81. The fourth-order valence-corrected chi connectivity index (χ4v) is 1.44. The number of hydrogen-bond donors (Lipinski definition) is 5. The molecule has 5 nitrogen and oxygen atoms in total. The summed E-state index contributed by atoms with van der Waals surface area (Å²) in [6.45, 7) is 0.354. The van der Waals surface area contributed by atoms with Crippen LogP contribution < -0.4 is 11.5 Å². The molecule has 0 bridgehead atoms. The number of guanidine groups is 1. The summed E-state index contributed by atoms with van der Waals surface area (Å²) in [5.74, 6) is -0.346. The van der Waals surface area contributed by atoms with Crippen LogP contribution in [0.4, 0.5) is 0 Å². The third-order valence-electron chi connectivity index (χ3n) is 1.83. The van der Waals surface area contributed by atoms with E-state index in [9.17, 15) is 10.2 Å². The van der Waals surface area contributed by atoms with Crippen molar-refractivity contribution in [3.63, 3.8) is 0 Å². The molecule has 0 heterocycles. The van der Waals surface area contributed by atoms with E-state index in [1.54, 1.807) is 6.07 Å². The topological polar surface area (TPSA) is 105 Å². The van der Waals surface area contributed by atoms with Crippen molar-refractivity contribution in [2.45, 2.75) is 11.3 Å². The van der Waals surface area contributed by atoms with Gasteiger partial charge < -0.3 is 21.7 Å². The molecule has 0 aliphatic rings. The van der Waals surface area contributed by atoms with Crippen LogP contribution in [0.3, 0.4) is 0 Å². The van der Waals surface area contributed by atoms with Gasteiger partial charge in [-0.3, -0.25) is 4.99 Å². The lowest BCUT2D eigenvalue weighted by Crippen LogP contribution is -2.23. The zero-order valence-corrected chi connectivity index (χ0v) is 8.91. The average molecular weight is 227 g/mol. The molecule has 6 heteroatoms. The summed E-state index contributed by atoms with van der Waals surface area (Å²) in [6.07, 6.45) is 0.436. The monoisotopic (exact) mass is 227 g/mol.